The number of carbonyl (C=O) groups excluding carboxylic acids is 1. The number of Topliss-reactive ketones (excluding diaryl/α,β-unsaturated/α-hetero) is 1. The second-order valence-corrected chi connectivity index (χ2v) is 3.42. The lowest BCUT2D eigenvalue weighted by atomic mass is 10.0. The topological polar surface area (TPSA) is 26.3 Å². The van der Waals surface area contributed by atoms with Crippen molar-refractivity contribution >= 4 is 5.78 Å². The third-order valence-corrected chi connectivity index (χ3v) is 2.28. The highest BCUT2D eigenvalue weighted by Crippen LogP contribution is 2.23. The molecule has 0 bridgehead atoms. The van der Waals surface area contributed by atoms with Gasteiger partial charge in [-0.05, 0) is 51.0 Å². The molecule has 0 aliphatic carbocycles. The molecule has 14 heavy (non-hydrogen) atoms. The van der Waals surface area contributed by atoms with Gasteiger partial charge in [-0.3, -0.25) is 4.79 Å². The highest BCUT2D eigenvalue weighted by Gasteiger charge is 2.09. The lowest BCUT2D eigenvalue weighted by Crippen LogP contribution is -2.02. The standard InChI is InChI=1S/C12H16O2/c1-5-14-12-7-9(3)8(2)6-11(12)10(4)13/h6-7H,5H2,1-4H3. The summed E-state index contributed by atoms with van der Waals surface area (Å²) in [6.45, 7) is 8.08. The monoisotopic (exact) mass is 192 g/mol. The van der Waals surface area contributed by atoms with Gasteiger partial charge < -0.3 is 4.74 Å². The molecule has 2 nitrogen and oxygen atoms in total. The Morgan fingerprint density at radius 3 is 2.36 bits per heavy atom. The Morgan fingerprint density at radius 2 is 1.86 bits per heavy atom. The summed E-state index contributed by atoms with van der Waals surface area (Å²) in [5.41, 5.74) is 2.95. The molecule has 0 saturated heterocycles. The molecule has 0 N–H and O–H groups in total. The molecule has 0 aliphatic heterocycles. The highest BCUT2D eigenvalue weighted by atomic mass is 16.5. The second kappa shape index (κ2) is 4.27. The Kier molecular flexibility index (Phi) is 3.28. The van der Waals surface area contributed by atoms with Crippen molar-refractivity contribution in [1.29, 1.82) is 0 Å². The van der Waals surface area contributed by atoms with Crippen LogP contribution in [0.1, 0.15) is 35.3 Å². The Balaban J connectivity index is 3.24. The summed E-state index contributed by atoms with van der Waals surface area (Å²) < 4.78 is 5.41. The summed E-state index contributed by atoms with van der Waals surface area (Å²) in [6.07, 6.45) is 0. The molecule has 0 aliphatic rings. The summed E-state index contributed by atoms with van der Waals surface area (Å²) >= 11 is 0. The maximum absolute atomic E-state index is 11.3. The predicted molar refractivity (Wildman–Crippen MR) is 57.1 cm³/mol. The van der Waals surface area contributed by atoms with Gasteiger partial charge in [-0.1, -0.05) is 0 Å². The third-order valence-electron chi connectivity index (χ3n) is 2.28. The van der Waals surface area contributed by atoms with Gasteiger partial charge in [0.05, 0.1) is 12.2 Å². The number of ketones is 1. The SMILES string of the molecule is CCOc1cc(C)c(C)cc1C(C)=O. The van der Waals surface area contributed by atoms with E-state index in [1.807, 2.05) is 32.9 Å². The molecular formula is C12H16O2. The van der Waals surface area contributed by atoms with Crippen molar-refractivity contribution < 1.29 is 9.53 Å². The molecule has 0 radical (unpaired) electrons. The van der Waals surface area contributed by atoms with Crippen LogP contribution in [0.25, 0.3) is 0 Å². The van der Waals surface area contributed by atoms with E-state index in [1.165, 1.54) is 0 Å². The summed E-state index contributed by atoms with van der Waals surface area (Å²) in [5.74, 6) is 0.750. The molecule has 1 aromatic carbocycles. The molecular weight excluding hydrogens is 176 g/mol. The number of hydrogen-bond acceptors (Lipinski definition) is 2. The van der Waals surface area contributed by atoms with Crippen LogP contribution in [0.5, 0.6) is 5.75 Å². The van der Waals surface area contributed by atoms with Gasteiger partial charge in [0.2, 0.25) is 0 Å². The van der Waals surface area contributed by atoms with Crippen molar-refractivity contribution in [2.45, 2.75) is 27.7 Å². The molecule has 1 aromatic rings. The van der Waals surface area contributed by atoms with Gasteiger partial charge >= 0.3 is 0 Å². The number of hydrogen-bond donors (Lipinski definition) is 0. The molecule has 1 rings (SSSR count). The van der Waals surface area contributed by atoms with Gasteiger partial charge in [0.1, 0.15) is 5.75 Å². The molecule has 2 heteroatoms. The summed E-state index contributed by atoms with van der Waals surface area (Å²) in [6, 6.07) is 3.82. The third kappa shape index (κ3) is 2.13. The quantitative estimate of drug-likeness (QED) is 0.688. The molecule has 0 amide bonds. The minimum atomic E-state index is 0.0524. The number of rotatable bonds is 3. The van der Waals surface area contributed by atoms with Crippen LogP contribution >= 0.6 is 0 Å². The lowest BCUT2D eigenvalue weighted by molar-refractivity contribution is 0.101. The van der Waals surface area contributed by atoms with E-state index >= 15 is 0 Å². The van der Waals surface area contributed by atoms with Gasteiger partial charge in [-0.2, -0.15) is 0 Å². The van der Waals surface area contributed by atoms with E-state index in [4.69, 9.17) is 4.74 Å². The Labute approximate surface area is 84.9 Å². The maximum atomic E-state index is 11.3. The Morgan fingerprint density at radius 1 is 1.29 bits per heavy atom. The van der Waals surface area contributed by atoms with Crippen molar-refractivity contribution in [3.63, 3.8) is 0 Å². The van der Waals surface area contributed by atoms with E-state index in [9.17, 15) is 4.79 Å². The largest absolute Gasteiger partial charge is 0.493 e. The van der Waals surface area contributed by atoms with E-state index in [0.717, 1.165) is 11.1 Å². The van der Waals surface area contributed by atoms with Crippen molar-refractivity contribution in [1.82, 2.24) is 0 Å². The van der Waals surface area contributed by atoms with Crippen molar-refractivity contribution in [2.75, 3.05) is 6.61 Å². The van der Waals surface area contributed by atoms with Gasteiger partial charge in [0.15, 0.2) is 5.78 Å². The van der Waals surface area contributed by atoms with Gasteiger partial charge in [-0.25, -0.2) is 0 Å². The molecule has 0 saturated carbocycles. The number of ether oxygens (including phenoxy) is 1. The molecule has 0 spiro atoms. The van der Waals surface area contributed by atoms with Crippen molar-refractivity contribution in [3.05, 3.63) is 28.8 Å². The average Bonchev–Trinajstić information content (AvgIpc) is 2.11. The van der Waals surface area contributed by atoms with Crippen LogP contribution in [0.2, 0.25) is 0 Å². The van der Waals surface area contributed by atoms with E-state index in [2.05, 4.69) is 0 Å². The highest BCUT2D eigenvalue weighted by molar-refractivity contribution is 5.97. The normalized spacial score (nSPS) is 10.0. The first kappa shape index (κ1) is 10.8. The number of carbonyl (C=O) groups is 1. The second-order valence-electron chi connectivity index (χ2n) is 3.42. The van der Waals surface area contributed by atoms with E-state index in [0.29, 0.717) is 17.9 Å². The van der Waals surface area contributed by atoms with E-state index in [-0.39, 0.29) is 5.78 Å². The maximum Gasteiger partial charge on any atom is 0.163 e. The molecule has 76 valence electrons. The average molecular weight is 192 g/mol. The first-order valence-corrected chi connectivity index (χ1v) is 4.81. The molecule has 0 atom stereocenters. The first-order chi connectivity index (χ1) is 6.56. The summed E-state index contributed by atoms with van der Waals surface area (Å²) in [5, 5.41) is 0. The molecule has 0 aromatic heterocycles. The summed E-state index contributed by atoms with van der Waals surface area (Å²) in [7, 11) is 0. The zero-order valence-corrected chi connectivity index (χ0v) is 9.18. The molecule has 0 unspecified atom stereocenters. The van der Waals surface area contributed by atoms with Crippen LogP contribution < -0.4 is 4.74 Å². The lowest BCUT2D eigenvalue weighted by Gasteiger charge is -2.10. The van der Waals surface area contributed by atoms with Gasteiger partial charge in [-0.15, -0.1) is 0 Å². The number of aryl methyl sites for hydroxylation is 2. The zero-order chi connectivity index (χ0) is 10.7. The van der Waals surface area contributed by atoms with Crippen molar-refractivity contribution in [2.24, 2.45) is 0 Å². The fraction of sp³-hybridized carbons (Fsp3) is 0.417. The van der Waals surface area contributed by atoms with Crippen LogP contribution in [0.4, 0.5) is 0 Å². The van der Waals surface area contributed by atoms with Crippen LogP contribution in [-0.2, 0) is 0 Å². The van der Waals surface area contributed by atoms with Gasteiger partial charge in [0.25, 0.3) is 0 Å². The first-order valence-electron chi connectivity index (χ1n) is 4.81. The van der Waals surface area contributed by atoms with Crippen LogP contribution in [0.15, 0.2) is 12.1 Å². The molecule has 0 fully saturated rings. The zero-order valence-electron chi connectivity index (χ0n) is 9.18. The van der Waals surface area contributed by atoms with E-state index < -0.39 is 0 Å². The van der Waals surface area contributed by atoms with Crippen LogP contribution in [0, 0.1) is 13.8 Å². The van der Waals surface area contributed by atoms with Gasteiger partial charge in [0, 0.05) is 0 Å². The predicted octanol–water partition coefficient (Wildman–Crippen LogP) is 2.90. The number of benzene rings is 1. The Hall–Kier alpha value is -1.31. The van der Waals surface area contributed by atoms with Crippen LogP contribution in [-0.4, -0.2) is 12.4 Å². The minimum absolute atomic E-state index is 0.0524. The fourth-order valence-corrected chi connectivity index (χ4v) is 1.34. The minimum Gasteiger partial charge on any atom is -0.493 e. The molecule has 0 heterocycles. The summed E-state index contributed by atoms with van der Waals surface area (Å²) in [4.78, 5) is 11.3. The van der Waals surface area contributed by atoms with Crippen LogP contribution in [0.3, 0.4) is 0 Å². The van der Waals surface area contributed by atoms with Crippen molar-refractivity contribution in [3.8, 4) is 5.75 Å². The van der Waals surface area contributed by atoms with E-state index in [1.54, 1.807) is 6.92 Å². The fourth-order valence-electron chi connectivity index (χ4n) is 1.34. The Bertz CT molecular complexity index is 354. The smallest absolute Gasteiger partial charge is 0.163 e.